The minimum Gasteiger partial charge on any atom is -0.481 e. The van der Waals surface area contributed by atoms with Crippen molar-refractivity contribution in [2.45, 2.75) is 18.7 Å². The summed E-state index contributed by atoms with van der Waals surface area (Å²) in [6.07, 6.45) is 0. The molecule has 114 valence electrons. The number of hydrogen-bond donors (Lipinski definition) is 1. The van der Waals surface area contributed by atoms with Crippen LogP contribution in [-0.2, 0) is 9.59 Å². The fraction of sp³-hybridized carbons (Fsp3) is 0.467. The minimum absolute atomic E-state index is 0.0120. The van der Waals surface area contributed by atoms with E-state index >= 15 is 0 Å². The molecule has 1 fully saturated rings. The number of nitrogens with zero attached hydrogens (tertiary/aromatic N) is 1. The zero-order valence-corrected chi connectivity index (χ0v) is 14.4. The summed E-state index contributed by atoms with van der Waals surface area (Å²) in [7, 11) is 0. The van der Waals surface area contributed by atoms with E-state index in [1.165, 1.54) is 11.8 Å². The summed E-state index contributed by atoms with van der Waals surface area (Å²) in [6.45, 7) is 4.76. The van der Waals surface area contributed by atoms with Crippen LogP contribution in [0.4, 0.5) is 0 Å². The number of carbonyl (C=O) groups is 2. The van der Waals surface area contributed by atoms with Gasteiger partial charge in [0.05, 0.1) is 11.7 Å². The third-order valence-corrected chi connectivity index (χ3v) is 5.42. The lowest BCUT2D eigenvalue weighted by molar-refractivity contribution is -0.142. The van der Waals surface area contributed by atoms with Gasteiger partial charge < -0.3 is 10.0 Å². The lowest BCUT2D eigenvalue weighted by Crippen LogP contribution is -2.31. The maximum absolute atomic E-state index is 12.2. The van der Waals surface area contributed by atoms with E-state index in [0.717, 1.165) is 14.9 Å². The van der Waals surface area contributed by atoms with E-state index in [4.69, 9.17) is 5.11 Å². The second kappa shape index (κ2) is 6.83. The highest BCUT2D eigenvalue weighted by Crippen LogP contribution is 2.27. The van der Waals surface area contributed by atoms with Gasteiger partial charge in [-0.15, -0.1) is 11.8 Å². The average molecular weight is 372 g/mol. The van der Waals surface area contributed by atoms with Gasteiger partial charge in [-0.05, 0) is 36.6 Å². The number of aliphatic carboxylic acids is 1. The van der Waals surface area contributed by atoms with Crippen LogP contribution in [0.1, 0.15) is 12.5 Å². The Balaban J connectivity index is 1.92. The first kappa shape index (κ1) is 16.4. The van der Waals surface area contributed by atoms with Crippen LogP contribution in [0.15, 0.2) is 27.6 Å². The molecule has 1 saturated heterocycles. The number of aryl methyl sites for hydroxylation is 1. The molecule has 0 aromatic heterocycles. The van der Waals surface area contributed by atoms with Gasteiger partial charge in [0.15, 0.2) is 0 Å². The molecule has 1 aliphatic heterocycles. The summed E-state index contributed by atoms with van der Waals surface area (Å²) >= 11 is 4.92. The van der Waals surface area contributed by atoms with E-state index in [0.29, 0.717) is 18.8 Å². The highest BCUT2D eigenvalue weighted by Gasteiger charge is 2.36. The monoisotopic (exact) mass is 371 g/mol. The molecular weight excluding hydrogens is 354 g/mol. The Morgan fingerprint density at radius 2 is 2.14 bits per heavy atom. The van der Waals surface area contributed by atoms with Crippen LogP contribution in [0, 0.1) is 18.8 Å². The Hall–Kier alpha value is -1.01. The van der Waals surface area contributed by atoms with Gasteiger partial charge in [-0.2, -0.15) is 0 Å². The fourth-order valence-corrected chi connectivity index (χ4v) is 3.89. The molecule has 0 saturated carbocycles. The molecule has 1 N–H and O–H groups in total. The number of amides is 1. The van der Waals surface area contributed by atoms with Crippen LogP contribution in [0.2, 0.25) is 0 Å². The first-order chi connectivity index (χ1) is 9.88. The van der Waals surface area contributed by atoms with Crippen molar-refractivity contribution in [2.24, 2.45) is 11.8 Å². The molecule has 21 heavy (non-hydrogen) atoms. The van der Waals surface area contributed by atoms with Gasteiger partial charge in [-0.25, -0.2) is 0 Å². The lowest BCUT2D eigenvalue weighted by atomic mass is 9.99. The van der Waals surface area contributed by atoms with Crippen LogP contribution in [-0.4, -0.2) is 40.7 Å². The topological polar surface area (TPSA) is 57.6 Å². The molecule has 1 aliphatic rings. The SMILES string of the molecule is Cc1cc(Br)ccc1SCC(=O)N1CC(C)C(C(=O)O)C1. The predicted octanol–water partition coefficient (Wildman–Crippen LogP) is 3.03. The Kier molecular flexibility index (Phi) is 5.32. The summed E-state index contributed by atoms with van der Waals surface area (Å²) in [5, 5.41) is 9.11. The second-order valence-corrected chi connectivity index (χ2v) is 7.35. The minimum atomic E-state index is -0.811. The van der Waals surface area contributed by atoms with Crippen molar-refractivity contribution in [1.29, 1.82) is 0 Å². The Morgan fingerprint density at radius 3 is 2.71 bits per heavy atom. The molecule has 2 atom stereocenters. The number of carboxylic acid groups (broad SMARTS) is 1. The van der Waals surface area contributed by atoms with Crippen LogP contribution in [0.5, 0.6) is 0 Å². The van der Waals surface area contributed by atoms with Crippen LogP contribution in [0.3, 0.4) is 0 Å². The van der Waals surface area contributed by atoms with Crippen LogP contribution < -0.4 is 0 Å². The normalized spacial score (nSPS) is 21.6. The lowest BCUT2D eigenvalue weighted by Gasteiger charge is -2.16. The van der Waals surface area contributed by atoms with Crippen molar-refractivity contribution in [3.05, 3.63) is 28.2 Å². The molecule has 1 aromatic rings. The molecule has 0 spiro atoms. The molecule has 0 aliphatic carbocycles. The molecule has 6 heteroatoms. The summed E-state index contributed by atoms with van der Waals surface area (Å²) in [5.41, 5.74) is 1.13. The van der Waals surface area contributed by atoms with Gasteiger partial charge in [0.25, 0.3) is 0 Å². The van der Waals surface area contributed by atoms with Gasteiger partial charge in [0.1, 0.15) is 0 Å². The zero-order chi connectivity index (χ0) is 15.6. The largest absolute Gasteiger partial charge is 0.481 e. The van der Waals surface area contributed by atoms with E-state index in [9.17, 15) is 9.59 Å². The van der Waals surface area contributed by atoms with Gasteiger partial charge in [-0.3, -0.25) is 9.59 Å². The third-order valence-electron chi connectivity index (χ3n) is 3.77. The van der Waals surface area contributed by atoms with Crippen molar-refractivity contribution in [2.75, 3.05) is 18.8 Å². The first-order valence-electron chi connectivity index (χ1n) is 6.78. The highest BCUT2D eigenvalue weighted by atomic mass is 79.9. The van der Waals surface area contributed by atoms with Gasteiger partial charge in [-0.1, -0.05) is 22.9 Å². The summed E-state index contributed by atoms with van der Waals surface area (Å²) in [4.78, 5) is 26.1. The number of carbonyl (C=O) groups excluding carboxylic acids is 1. The van der Waals surface area contributed by atoms with E-state index in [2.05, 4.69) is 15.9 Å². The molecular formula is C15H18BrNO3S. The van der Waals surface area contributed by atoms with Crippen LogP contribution >= 0.6 is 27.7 Å². The number of rotatable bonds is 4. The molecule has 1 amide bonds. The third kappa shape index (κ3) is 4.01. The summed E-state index contributed by atoms with van der Waals surface area (Å²) < 4.78 is 1.02. The quantitative estimate of drug-likeness (QED) is 0.826. The molecule has 1 heterocycles. The van der Waals surface area contributed by atoms with Crippen LogP contribution in [0.25, 0.3) is 0 Å². The number of carboxylic acids is 1. The molecule has 2 rings (SSSR count). The predicted molar refractivity (Wildman–Crippen MR) is 86.5 cm³/mol. The second-order valence-electron chi connectivity index (χ2n) is 5.42. The van der Waals surface area contributed by atoms with Crippen molar-refractivity contribution in [3.8, 4) is 0 Å². The van der Waals surface area contributed by atoms with Gasteiger partial charge in [0, 0.05) is 22.5 Å². The first-order valence-corrected chi connectivity index (χ1v) is 8.56. The van der Waals surface area contributed by atoms with Crippen molar-refractivity contribution >= 4 is 39.6 Å². The zero-order valence-electron chi connectivity index (χ0n) is 12.0. The van der Waals surface area contributed by atoms with E-state index in [-0.39, 0.29) is 11.8 Å². The summed E-state index contributed by atoms with van der Waals surface area (Å²) in [5.74, 6) is -0.868. The number of likely N-dealkylation sites (tertiary alicyclic amines) is 1. The number of thioether (sulfide) groups is 1. The Morgan fingerprint density at radius 1 is 1.43 bits per heavy atom. The molecule has 4 nitrogen and oxygen atoms in total. The molecule has 0 bridgehead atoms. The van der Waals surface area contributed by atoms with E-state index in [1.54, 1.807) is 4.90 Å². The number of benzene rings is 1. The van der Waals surface area contributed by atoms with Gasteiger partial charge >= 0.3 is 5.97 Å². The Labute approximate surface area is 137 Å². The fourth-order valence-electron chi connectivity index (χ4n) is 2.50. The molecule has 1 aromatic carbocycles. The molecule has 0 radical (unpaired) electrons. The smallest absolute Gasteiger partial charge is 0.308 e. The van der Waals surface area contributed by atoms with E-state index < -0.39 is 11.9 Å². The maximum Gasteiger partial charge on any atom is 0.308 e. The Bertz CT molecular complexity index is 564. The number of hydrogen-bond acceptors (Lipinski definition) is 3. The van der Waals surface area contributed by atoms with Crippen molar-refractivity contribution in [1.82, 2.24) is 4.90 Å². The highest BCUT2D eigenvalue weighted by molar-refractivity contribution is 9.10. The standard InChI is InChI=1S/C15H18BrNO3S/c1-9-5-11(16)3-4-13(9)21-8-14(18)17-6-10(2)12(7-17)15(19)20/h3-5,10,12H,6-8H2,1-2H3,(H,19,20). The average Bonchev–Trinajstić information content (AvgIpc) is 2.80. The number of halogens is 1. The van der Waals surface area contributed by atoms with Crippen molar-refractivity contribution in [3.63, 3.8) is 0 Å². The maximum atomic E-state index is 12.2. The molecule has 2 unspecified atom stereocenters. The van der Waals surface area contributed by atoms with Gasteiger partial charge in [0.2, 0.25) is 5.91 Å². The van der Waals surface area contributed by atoms with E-state index in [1.807, 2.05) is 32.0 Å². The van der Waals surface area contributed by atoms with Crippen molar-refractivity contribution < 1.29 is 14.7 Å². The summed E-state index contributed by atoms with van der Waals surface area (Å²) in [6, 6.07) is 5.97.